The molecular formula is C10H6Cl2FN3OS. The van der Waals surface area contributed by atoms with E-state index >= 15 is 0 Å². The van der Waals surface area contributed by atoms with Gasteiger partial charge in [0.05, 0.1) is 16.5 Å². The van der Waals surface area contributed by atoms with E-state index in [0.717, 1.165) is 17.4 Å². The molecule has 0 radical (unpaired) electrons. The van der Waals surface area contributed by atoms with Crippen molar-refractivity contribution in [2.75, 3.05) is 5.32 Å². The topological polar surface area (TPSA) is 54.9 Å². The van der Waals surface area contributed by atoms with Crippen molar-refractivity contribution in [2.45, 2.75) is 5.88 Å². The van der Waals surface area contributed by atoms with Gasteiger partial charge in [0.1, 0.15) is 10.8 Å². The van der Waals surface area contributed by atoms with E-state index in [1.54, 1.807) is 0 Å². The Bertz CT molecular complexity index is 570. The van der Waals surface area contributed by atoms with Gasteiger partial charge in [-0.2, -0.15) is 0 Å². The molecule has 0 fully saturated rings. The molecule has 2 aromatic rings. The predicted molar refractivity (Wildman–Crippen MR) is 68.8 cm³/mol. The van der Waals surface area contributed by atoms with Crippen molar-refractivity contribution in [3.8, 4) is 0 Å². The smallest absolute Gasteiger partial charge is 0.261 e. The highest BCUT2D eigenvalue weighted by molar-refractivity contribution is 7.15. The van der Waals surface area contributed by atoms with E-state index in [2.05, 4.69) is 15.5 Å². The van der Waals surface area contributed by atoms with Gasteiger partial charge in [0.2, 0.25) is 5.13 Å². The molecular weight excluding hydrogens is 300 g/mol. The van der Waals surface area contributed by atoms with Crippen molar-refractivity contribution in [1.82, 2.24) is 10.2 Å². The molecule has 0 aliphatic heterocycles. The van der Waals surface area contributed by atoms with Crippen LogP contribution in [0, 0.1) is 5.82 Å². The molecule has 0 aliphatic rings. The molecule has 4 nitrogen and oxygen atoms in total. The summed E-state index contributed by atoms with van der Waals surface area (Å²) in [5.74, 6) is -1.16. The number of halogens is 3. The highest BCUT2D eigenvalue weighted by Crippen LogP contribution is 2.22. The van der Waals surface area contributed by atoms with E-state index in [4.69, 9.17) is 23.2 Å². The second-order valence-corrected chi connectivity index (χ2v) is 4.92. The Kier molecular flexibility index (Phi) is 4.11. The van der Waals surface area contributed by atoms with Crippen LogP contribution in [0.3, 0.4) is 0 Å². The molecule has 1 amide bonds. The third-order valence-corrected chi connectivity index (χ3v) is 3.56. The molecule has 0 aliphatic carbocycles. The Labute approximate surface area is 116 Å². The summed E-state index contributed by atoms with van der Waals surface area (Å²) in [7, 11) is 0. The summed E-state index contributed by atoms with van der Waals surface area (Å²) in [6, 6.07) is 4.01. The molecule has 8 heteroatoms. The average molecular weight is 306 g/mol. The molecule has 1 aromatic carbocycles. The van der Waals surface area contributed by atoms with Crippen LogP contribution in [0.15, 0.2) is 18.2 Å². The molecule has 2 rings (SSSR count). The van der Waals surface area contributed by atoms with Crippen LogP contribution >= 0.6 is 34.5 Å². The number of rotatable bonds is 3. The Morgan fingerprint density at radius 1 is 1.44 bits per heavy atom. The lowest BCUT2D eigenvalue weighted by atomic mass is 10.2. The normalized spacial score (nSPS) is 10.4. The number of aromatic nitrogens is 2. The second kappa shape index (κ2) is 5.60. The van der Waals surface area contributed by atoms with E-state index in [9.17, 15) is 9.18 Å². The Hall–Kier alpha value is -1.24. The summed E-state index contributed by atoms with van der Waals surface area (Å²) in [6.45, 7) is 0. The lowest BCUT2D eigenvalue weighted by molar-refractivity contribution is 0.102. The molecule has 94 valence electrons. The fraction of sp³-hybridized carbons (Fsp3) is 0.100. The maximum atomic E-state index is 13.5. The van der Waals surface area contributed by atoms with Crippen LogP contribution in [0.5, 0.6) is 0 Å². The van der Waals surface area contributed by atoms with E-state index in [-0.39, 0.29) is 21.6 Å². The monoisotopic (exact) mass is 305 g/mol. The van der Waals surface area contributed by atoms with Crippen molar-refractivity contribution >= 4 is 45.6 Å². The van der Waals surface area contributed by atoms with Gasteiger partial charge in [0.15, 0.2) is 0 Å². The Balaban J connectivity index is 2.22. The molecule has 0 saturated heterocycles. The molecule has 1 aromatic heterocycles. The van der Waals surface area contributed by atoms with Gasteiger partial charge in [-0.1, -0.05) is 29.0 Å². The van der Waals surface area contributed by atoms with Crippen molar-refractivity contribution in [2.24, 2.45) is 0 Å². The number of amides is 1. The largest absolute Gasteiger partial charge is 0.296 e. The molecule has 1 heterocycles. The lowest BCUT2D eigenvalue weighted by Crippen LogP contribution is -2.14. The van der Waals surface area contributed by atoms with Crippen LogP contribution in [0.1, 0.15) is 15.4 Å². The fourth-order valence-electron chi connectivity index (χ4n) is 1.23. The maximum Gasteiger partial charge on any atom is 0.261 e. The van der Waals surface area contributed by atoms with Gasteiger partial charge in [0.25, 0.3) is 5.91 Å². The minimum atomic E-state index is -0.693. The zero-order valence-corrected chi connectivity index (χ0v) is 11.1. The van der Waals surface area contributed by atoms with E-state index in [0.29, 0.717) is 5.01 Å². The standard InChI is InChI=1S/C10H6Cl2FN3OS/c11-4-7-15-16-10(18-7)14-9(17)8-5(12)2-1-3-6(8)13/h1-3H,4H2,(H,14,16,17). The van der Waals surface area contributed by atoms with E-state index in [1.807, 2.05) is 0 Å². The summed E-state index contributed by atoms with van der Waals surface area (Å²) in [4.78, 5) is 11.8. The highest BCUT2D eigenvalue weighted by Gasteiger charge is 2.17. The first kappa shape index (κ1) is 13.2. The Morgan fingerprint density at radius 2 is 2.22 bits per heavy atom. The quantitative estimate of drug-likeness (QED) is 0.885. The first-order chi connectivity index (χ1) is 8.61. The lowest BCUT2D eigenvalue weighted by Gasteiger charge is -2.04. The number of carbonyl (C=O) groups is 1. The number of carbonyl (C=O) groups excluding carboxylic acids is 1. The number of hydrogen-bond acceptors (Lipinski definition) is 4. The van der Waals surface area contributed by atoms with Crippen molar-refractivity contribution in [3.63, 3.8) is 0 Å². The molecule has 0 unspecified atom stereocenters. The third kappa shape index (κ3) is 2.77. The number of hydrogen-bond donors (Lipinski definition) is 1. The van der Waals surface area contributed by atoms with E-state index < -0.39 is 11.7 Å². The second-order valence-electron chi connectivity index (χ2n) is 3.19. The van der Waals surface area contributed by atoms with Gasteiger partial charge in [-0.05, 0) is 12.1 Å². The highest BCUT2D eigenvalue weighted by atomic mass is 35.5. The van der Waals surface area contributed by atoms with Crippen LogP contribution in [-0.4, -0.2) is 16.1 Å². The summed E-state index contributed by atoms with van der Waals surface area (Å²) in [5.41, 5.74) is -0.221. The number of anilines is 1. The molecule has 18 heavy (non-hydrogen) atoms. The molecule has 0 atom stereocenters. The van der Waals surface area contributed by atoms with E-state index in [1.165, 1.54) is 12.1 Å². The third-order valence-electron chi connectivity index (χ3n) is 1.99. The van der Waals surface area contributed by atoms with Gasteiger partial charge in [-0.15, -0.1) is 21.8 Å². The van der Waals surface area contributed by atoms with Crippen LogP contribution in [-0.2, 0) is 5.88 Å². The van der Waals surface area contributed by atoms with Crippen molar-refractivity contribution in [3.05, 3.63) is 39.6 Å². The average Bonchev–Trinajstić information content (AvgIpc) is 2.76. The van der Waals surface area contributed by atoms with Gasteiger partial charge in [-0.3, -0.25) is 10.1 Å². The SMILES string of the molecule is O=C(Nc1nnc(CCl)s1)c1c(F)cccc1Cl. The summed E-state index contributed by atoms with van der Waals surface area (Å²) >= 11 is 12.4. The summed E-state index contributed by atoms with van der Waals surface area (Å²) < 4.78 is 13.5. The number of benzene rings is 1. The summed E-state index contributed by atoms with van der Waals surface area (Å²) in [5, 5.41) is 10.7. The first-order valence-electron chi connectivity index (χ1n) is 4.75. The molecule has 1 N–H and O–H groups in total. The van der Waals surface area contributed by atoms with Crippen LogP contribution in [0.25, 0.3) is 0 Å². The van der Waals surface area contributed by atoms with Crippen LogP contribution < -0.4 is 5.32 Å². The predicted octanol–water partition coefficient (Wildman–Crippen LogP) is 3.32. The van der Waals surface area contributed by atoms with Gasteiger partial charge in [0, 0.05) is 0 Å². The Morgan fingerprint density at radius 3 is 2.83 bits per heavy atom. The zero-order valence-electron chi connectivity index (χ0n) is 8.78. The zero-order chi connectivity index (χ0) is 13.1. The maximum absolute atomic E-state index is 13.5. The molecule has 0 saturated carbocycles. The fourth-order valence-corrected chi connectivity index (χ4v) is 2.28. The van der Waals surface area contributed by atoms with Gasteiger partial charge >= 0.3 is 0 Å². The minimum absolute atomic E-state index is 0.0367. The minimum Gasteiger partial charge on any atom is -0.296 e. The number of alkyl halides is 1. The van der Waals surface area contributed by atoms with Crippen molar-refractivity contribution in [1.29, 1.82) is 0 Å². The van der Waals surface area contributed by atoms with Gasteiger partial charge < -0.3 is 0 Å². The first-order valence-corrected chi connectivity index (χ1v) is 6.48. The number of nitrogens with one attached hydrogen (secondary N) is 1. The van der Waals surface area contributed by atoms with Crippen molar-refractivity contribution < 1.29 is 9.18 Å². The van der Waals surface area contributed by atoms with Crippen LogP contribution in [0.4, 0.5) is 9.52 Å². The summed E-state index contributed by atoms with van der Waals surface area (Å²) in [6.07, 6.45) is 0. The van der Waals surface area contributed by atoms with Gasteiger partial charge in [-0.25, -0.2) is 4.39 Å². The molecule has 0 spiro atoms. The molecule has 0 bridgehead atoms. The van der Waals surface area contributed by atoms with Crippen LogP contribution in [0.2, 0.25) is 5.02 Å². The number of nitrogens with zero attached hydrogens (tertiary/aromatic N) is 2.